The lowest BCUT2D eigenvalue weighted by atomic mass is 10.2. The Bertz CT molecular complexity index is 1090. The molecule has 0 bridgehead atoms. The number of nitrogens with one attached hydrogen (secondary N) is 1. The van der Waals surface area contributed by atoms with Crippen LogP contribution in [0.5, 0.6) is 0 Å². The van der Waals surface area contributed by atoms with E-state index in [0.717, 1.165) is 5.56 Å². The third-order valence-electron chi connectivity index (χ3n) is 4.19. The molecule has 0 spiro atoms. The Morgan fingerprint density at radius 3 is 2.48 bits per heavy atom. The Kier molecular flexibility index (Phi) is 5.64. The third kappa shape index (κ3) is 4.05. The topological polar surface area (TPSA) is 66.1 Å². The van der Waals surface area contributed by atoms with E-state index in [1.807, 2.05) is 0 Å². The average molecular weight is 408 g/mol. The highest BCUT2D eigenvalue weighted by molar-refractivity contribution is 7.89. The van der Waals surface area contributed by atoms with Crippen LogP contribution < -0.4 is 0 Å². The number of aromatic amines is 1. The lowest BCUT2D eigenvalue weighted by molar-refractivity contribution is 0.445. The number of rotatable bonds is 6. The zero-order valence-electron chi connectivity index (χ0n) is 14.9. The number of halogens is 2. The highest BCUT2D eigenvalue weighted by atomic mass is 35.5. The molecular formula is C19H19ClFN3O2S. The second-order valence-corrected chi connectivity index (χ2v) is 8.24. The van der Waals surface area contributed by atoms with Gasteiger partial charge in [0.25, 0.3) is 0 Å². The zero-order chi connectivity index (χ0) is 19.6. The van der Waals surface area contributed by atoms with Crippen molar-refractivity contribution in [2.45, 2.75) is 18.7 Å². The van der Waals surface area contributed by atoms with E-state index in [1.165, 1.54) is 22.5 Å². The summed E-state index contributed by atoms with van der Waals surface area (Å²) >= 11 is 6.32. The van der Waals surface area contributed by atoms with Crippen molar-refractivity contribution in [3.05, 3.63) is 59.7 Å². The van der Waals surface area contributed by atoms with Crippen LogP contribution in [0.4, 0.5) is 4.39 Å². The molecule has 0 saturated heterocycles. The summed E-state index contributed by atoms with van der Waals surface area (Å²) in [6.07, 6.45) is 1.66. The molecule has 0 aliphatic heterocycles. The number of hydrogen-bond donors (Lipinski definition) is 1. The molecule has 27 heavy (non-hydrogen) atoms. The molecule has 0 radical (unpaired) electrons. The van der Waals surface area contributed by atoms with Gasteiger partial charge in [-0.25, -0.2) is 17.8 Å². The first kappa shape index (κ1) is 19.5. The second-order valence-electron chi connectivity index (χ2n) is 5.90. The number of aromatic nitrogens is 2. The van der Waals surface area contributed by atoms with Gasteiger partial charge < -0.3 is 4.98 Å². The van der Waals surface area contributed by atoms with Crippen LogP contribution in [0, 0.1) is 5.82 Å². The molecule has 5 nitrogen and oxygen atoms in total. The molecule has 0 aliphatic rings. The summed E-state index contributed by atoms with van der Waals surface area (Å²) in [5.41, 5.74) is 1.91. The zero-order valence-corrected chi connectivity index (χ0v) is 16.5. The summed E-state index contributed by atoms with van der Waals surface area (Å²) in [6.45, 7) is 4.40. The van der Waals surface area contributed by atoms with Crippen LogP contribution in [0.25, 0.3) is 22.1 Å². The van der Waals surface area contributed by atoms with Crippen LogP contribution in [0.1, 0.15) is 25.2 Å². The molecule has 3 aromatic rings. The fourth-order valence-corrected chi connectivity index (χ4v) is 4.45. The van der Waals surface area contributed by atoms with Gasteiger partial charge in [-0.1, -0.05) is 37.6 Å². The maximum absolute atomic E-state index is 13.0. The van der Waals surface area contributed by atoms with E-state index in [1.54, 1.807) is 44.2 Å². The van der Waals surface area contributed by atoms with E-state index >= 15 is 0 Å². The fraction of sp³-hybridized carbons (Fsp3) is 0.211. The number of nitrogens with zero attached hydrogens (tertiary/aromatic N) is 2. The molecule has 0 amide bonds. The quantitative estimate of drug-likeness (QED) is 0.655. The molecule has 1 heterocycles. The maximum Gasteiger partial charge on any atom is 0.243 e. The van der Waals surface area contributed by atoms with E-state index in [9.17, 15) is 12.8 Å². The minimum Gasteiger partial charge on any atom is -0.337 e. The number of sulfonamides is 1. The molecule has 8 heteroatoms. The largest absolute Gasteiger partial charge is 0.337 e. The van der Waals surface area contributed by atoms with Gasteiger partial charge in [-0.05, 0) is 42.0 Å². The minimum atomic E-state index is -3.55. The van der Waals surface area contributed by atoms with Crippen LogP contribution in [0.15, 0.2) is 47.4 Å². The summed E-state index contributed by atoms with van der Waals surface area (Å²) in [6, 6.07) is 10.6. The highest BCUT2D eigenvalue weighted by Gasteiger charge is 2.22. The van der Waals surface area contributed by atoms with Gasteiger partial charge in [0.2, 0.25) is 10.0 Å². The summed E-state index contributed by atoms with van der Waals surface area (Å²) < 4.78 is 39.7. The van der Waals surface area contributed by atoms with Crippen LogP contribution >= 0.6 is 11.6 Å². The van der Waals surface area contributed by atoms with Crippen molar-refractivity contribution in [1.29, 1.82) is 0 Å². The SMILES string of the molecule is CCN(CC)S(=O)(=O)c1ccc2nc(/C(Cl)=C/c3ccc(F)cc3)[nH]c2c1. The van der Waals surface area contributed by atoms with Crippen molar-refractivity contribution in [1.82, 2.24) is 14.3 Å². The average Bonchev–Trinajstić information content (AvgIpc) is 3.08. The molecule has 142 valence electrons. The molecule has 2 aromatic carbocycles. The van der Waals surface area contributed by atoms with Gasteiger partial charge in [-0.15, -0.1) is 0 Å². The smallest absolute Gasteiger partial charge is 0.243 e. The number of fused-ring (bicyclic) bond motifs is 1. The van der Waals surface area contributed by atoms with Crippen molar-refractivity contribution < 1.29 is 12.8 Å². The standard InChI is InChI=1S/C19H19ClFN3O2S/c1-3-24(4-2)27(25,26)15-9-10-17-18(12-15)23-19(22-17)16(20)11-13-5-7-14(21)8-6-13/h5-12H,3-4H2,1-2H3,(H,22,23)/b16-11-. The molecule has 3 rings (SSSR count). The Hall–Kier alpha value is -2.22. The summed E-state index contributed by atoms with van der Waals surface area (Å²) in [5.74, 6) is 0.0855. The first-order valence-electron chi connectivity index (χ1n) is 8.48. The lowest BCUT2D eigenvalue weighted by Crippen LogP contribution is -2.30. The Morgan fingerprint density at radius 2 is 1.85 bits per heavy atom. The summed E-state index contributed by atoms with van der Waals surface area (Å²) in [7, 11) is -3.55. The predicted molar refractivity (Wildman–Crippen MR) is 106 cm³/mol. The number of H-pyrrole nitrogens is 1. The molecule has 0 fully saturated rings. The number of hydrogen-bond acceptors (Lipinski definition) is 3. The highest BCUT2D eigenvalue weighted by Crippen LogP contribution is 2.25. The van der Waals surface area contributed by atoms with Crippen molar-refractivity contribution in [2.24, 2.45) is 0 Å². The van der Waals surface area contributed by atoms with Gasteiger partial charge in [-0.2, -0.15) is 4.31 Å². The fourth-order valence-electron chi connectivity index (χ4n) is 2.75. The maximum atomic E-state index is 13.0. The van der Waals surface area contributed by atoms with Gasteiger partial charge in [0.05, 0.1) is 21.0 Å². The minimum absolute atomic E-state index is 0.201. The van der Waals surface area contributed by atoms with Crippen molar-refractivity contribution >= 4 is 43.8 Å². The van der Waals surface area contributed by atoms with Gasteiger partial charge in [0, 0.05) is 13.1 Å². The predicted octanol–water partition coefficient (Wildman–Crippen LogP) is 4.47. The molecule has 1 aromatic heterocycles. The van der Waals surface area contributed by atoms with E-state index in [4.69, 9.17) is 11.6 Å². The molecule has 1 N–H and O–H groups in total. The van der Waals surface area contributed by atoms with Crippen LogP contribution in [-0.4, -0.2) is 35.8 Å². The molecule has 0 saturated carbocycles. The van der Waals surface area contributed by atoms with Gasteiger partial charge in [-0.3, -0.25) is 0 Å². The Morgan fingerprint density at radius 1 is 1.19 bits per heavy atom. The molecule has 0 aliphatic carbocycles. The van der Waals surface area contributed by atoms with Crippen LogP contribution in [0.2, 0.25) is 0 Å². The van der Waals surface area contributed by atoms with Crippen molar-refractivity contribution in [3.63, 3.8) is 0 Å². The first-order valence-corrected chi connectivity index (χ1v) is 10.3. The van der Waals surface area contributed by atoms with Crippen LogP contribution in [-0.2, 0) is 10.0 Å². The molecule has 0 atom stereocenters. The number of benzene rings is 2. The van der Waals surface area contributed by atoms with Gasteiger partial charge in [0.1, 0.15) is 11.6 Å². The first-order chi connectivity index (χ1) is 12.8. The van der Waals surface area contributed by atoms with E-state index in [0.29, 0.717) is 35.0 Å². The van der Waals surface area contributed by atoms with Gasteiger partial charge >= 0.3 is 0 Å². The van der Waals surface area contributed by atoms with Crippen molar-refractivity contribution in [2.75, 3.05) is 13.1 Å². The normalized spacial score (nSPS) is 12.9. The Balaban J connectivity index is 1.97. The monoisotopic (exact) mass is 407 g/mol. The molecule has 0 unspecified atom stereocenters. The summed E-state index contributed by atoms with van der Waals surface area (Å²) in [4.78, 5) is 7.64. The Labute approximate surface area is 162 Å². The third-order valence-corrected chi connectivity index (χ3v) is 6.52. The summed E-state index contributed by atoms with van der Waals surface area (Å²) in [5, 5.41) is 0.339. The second kappa shape index (κ2) is 7.80. The van der Waals surface area contributed by atoms with Gasteiger partial charge in [0.15, 0.2) is 0 Å². The number of imidazole rings is 1. The van der Waals surface area contributed by atoms with E-state index in [-0.39, 0.29) is 10.7 Å². The molecular weight excluding hydrogens is 389 g/mol. The van der Waals surface area contributed by atoms with Crippen molar-refractivity contribution in [3.8, 4) is 0 Å². The van der Waals surface area contributed by atoms with E-state index < -0.39 is 10.0 Å². The van der Waals surface area contributed by atoms with Crippen LogP contribution in [0.3, 0.4) is 0 Å². The lowest BCUT2D eigenvalue weighted by Gasteiger charge is -2.18. The van der Waals surface area contributed by atoms with E-state index in [2.05, 4.69) is 9.97 Å².